The van der Waals surface area contributed by atoms with Gasteiger partial charge in [0.15, 0.2) is 11.6 Å². The number of nitrogens with zero attached hydrogens (tertiary/aromatic N) is 2. The van der Waals surface area contributed by atoms with E-state index in [0.717, 1.165) is 29.8 Å². The maximum absolute atomic E-state index is 13.5. The number of halogens is 2. The van der Waals surface area contributed by atoms with Gasteiger partial charge in [0.1, 0.15) is 5.69 Å². The van der Waals surface area contributed by atoms with Crippen molar-refractivity contribution in [2.75, 3.05) is 13.7 Å². The highest BCUT2D eigenvalue weighted by Crippen LogP contribution is 2.23. The first-order valence-electron chi connectivity index (χ1n) is 8.91. The van der Waals surface area contributed by atoms with E-state index in [9.17, 15) is 13.6 Å². The predicted molar refractivity (Wildman–Crippen MR) is 102 cm³/mol. The molecule has 0 saturated heterocycles. The SMILES string of the molecule is CC[C@@H](COC)NC(=O)c1cncn1-c1ccc(-c2ccc(F)c(F)c2)cc1. The molecule has 0 unspecified atom stereocenters. The van der Waals surface area contributed by atoms with Gasteiger partial charge in [0.25, 0.3) is 5.91 Å². The number of carbonyl (C=O) groups excluding carboxylic acids is 1. The Morgan fingerprint density at radius 1 is 1.14 bits per heavy atom. The molecule has 0 fully saturated rings. The first-order valence-corrected chi connectivity index (χ1v) is 8.91. The van der Waals surface area contributed by atoms with Crippen LogP contribution in [0.3, 0.4) is 0 Å². The highest BCUT2D eigenvalue weighted by molar-refractivity contribution is 5.93. The fraction of sp³-hybridized carbons (Fsp3) is 0.238. The van der Waals surface area contributed by atoms with Crippen molar-refractivity contribution in [3.8, 4) is 16.8 Å². The molecule has 0 aliphatic carbocycles. The van der Waals surface area contributed by atoms with Crippen molar-refractivity contribution < 1.29 is 18.3 Å². The minimum absolute atomic E-state index is 0.0865. The minimum Gasteiger partial charge on any atom is -0.383 e. The number of carbonyl (C=O) groups is 1. The molecule has 3 rings (SSSR count). The van der Waals surface area contributed by atoms with E-state index in [4.69, 9.17) is 4.74 Å². The van der Waals surface area contributed by atoms with Crippen LogP contribution in [-0.2, 0) is 4.74 Å². The second kappa shape index (κ2) is 8.75. The quantitative estimate of drug-likeness (QED) is 0.670. The Morgan fingerprint density at radius 3 is 2.50 bits per heavy atom. The third kappa shape index (κ3) is 4.26. The van der Waals surface area contributed by atoms with Crippen LogP contribution in [0, 0.1) is 11.6 Å². The predicted octanol–water partition coefficient (Wildman–Crippen LogP) is 3.97. The zero-order chi connectivity index (χ0) is 20.1. The number of methoxy groups -OCH3 is 1. The van der Waals surface area contributed by atoms with Crippen molar-refractivity contribution in [1.29, 1.82) is 0 Å². The van der Waals surface area contributed by atoms with Crippen LogP contribution in [0.2, 0.25) is 0 Å². The third-order valence-corrected chi connectivity index (χ3v) is 4.47. The van der Waals surface area contributed by atoms with Crippen molar-refractivity contribution in [3.05, 3.63) is 72.3 Å². The Balaban J connectivity index is 1.82. The van der Waals surface area contributed by atoms with Crippen LogP contribution in [0.25, 0.3) is 16.8 Å². The summed E-state index contributed by atoms with van der Waals surface area (Å²) in [5, 5.41) is 2.93. The summed E-state index contributed by atoms with van der Waals surface area (Å²) in [6, 6.07) is 10.8. The maximum Gasteiger partial charge on any atom is 0.270 e. The highest BCUT2D eigenvalue weighted by Gasteiger charge is 2.17. The van der Waals surface area contributed by atoms with Crippen molar-refractivity contribution in [1.82, 2.24) is 14.9 Å². The molecule has 28 heavy (non-hydrogen) atoms. The van der Waals surface area contributed by atoms with Crippen LogP contribution >= 0.6 is 0 Å². The van der Waals surface area contributed by atoms with Gasteiger partial charge in [0.2, 0.25) is 0 Å². The van der Waals surface area contributed by atoms with E-state index >= 15 is 0 Å². The fourth-order valence-corrected chi connectivity index (χ4v) is 2.88. The number of ether oxygens (including phenoxy) is 1. The van der Waals surface area contributed by atoms with Crippen LogP contribution in [0.5, 0.6) is 0 Å². The topological polar surface area (TPSA) is 56.1 Å². The average molecular weight is 385 g/mol. The zero-order valence-electron chi connectivity index (χ0n) is 15.7. The molecule has 0 spiro atoms. The number of imidazole rings is 1. The summed E-state index contributed by atoms with van der Waals surface area (Å²) >= 11 is 0. The molecule has 1 N–H and O–H groups in total. The van der Waals surface area contributed by atoms with E-state index in [0.29, 0.717) is 17.9 Å². The monoisotopic (exact) mass is 385 g/mol. The number of nitrogens with one attached hydrogen (secondary N) is 1. The molecule has 1 heterocycles. The molecule has 1 aromatic heterocycles. The van der Waals surface area contributed by atoms with Crippen molar-refractivity contribution in [2.24, 2.45) is 0 Å². The third-order valence-electron chi connectivity index (χ3n) is 4.47. The molecule has 0 radical (unpaired) electrons. The number of rotatable bonds is 7. The molecule has 0 saturated carbocycles. The number of aromatic nitrogens is 2. The van der Waals surface area contributed by atoms with E-state index in [1.807, 2.05) is 6.92 Å². The molecule has 146 valence electrons. The molecular formula is C21H21F2N3O2. The molecule has 1 atom stereocenters. The van der Waals surface area contributed by atoms with E-state index < -0.39 is 11.6 Å². The lowest BCUT2D eigenvalue weighted by molar-refractivity contribution is 0.0888. The summed E-state index contributed by atoms with van der Waals surface area (Å²) in [5.41, 5.74) is 2.43. The molecule has 0 aliphatic heterocycles. The Kier molecular flexibility index (Phi) is 6.16. The van der Waals surface area contributed by atoms with E-state index in [1.165, 1.54) is 12.3 Å². The largest absolute Gasteiger partial charge is 0.383 e. The molecule has 0 aliphatic rings. The average Bonchev–Trinajstić information content (AvgIpc) is 3.20. The van der Waals surface area contributed by atoms with Crippen LogP contribution < -0.4 is 5.32 Å². The number of hydrogen-bond acceptors (Lipinski definition) is 3. The fourth-order valence-electron chi connectivity index (χ4n) is 2.88. The number of amides is 1. The van der Waals surface area contributed by atoms with Gasteiger partial charge >= 0.3 is 0 Å². The van der Waals surface area contributed by atoms with E-state index in [-0.39, 0.29) is 11.9 Å². The van der Waals surface area contributed by atoms with Crippen LogP contribution in [-0.4, -0.2) is 35.2 Å². The Bertz CT molecular complexity index is 955. The van der Waals surface area contributed by atoms with Gasteiger partial charge in [0.05, 0.1) is 25.2 Å². The summed E-state index contributed by atoms with van der Waals surface area (Å²) in [6.45, 7) is 2.40. The minimum atomic E-state index is -0.892. The second-order valence-electron chi connectivity index (χ2n) is 6.36. The first kappa shape index (κ1) is 19.7. The second-order valence-corrected chi connectivity index (χ2v) is 6.36. The smallest absolute Gasteiger partial charge is 0.270 e. The molecule has 1 amide bonds. The Hall–Kier alpha value is -3.06. The molecule has 2 aromatic carbocycles. The summed E-state index contributed by atoms with van der Waals surface area (Å²) in [7, 11) is 1.59. The van der Waals surface area contributed by atoms with Gasteiger partial charge in [-0.1, -0.05) is 25.1 Å². The van der Waals surface area contributed by atoms with Gasteiger partial charge in [-0.15, -0.1) is 0 Å². The normalized spacial score (nSPS) is 12.0. The highest BCUT2D eigenvalue weighted by atomic mass is 19.2. The molecule has 0 bridgehead atoms. The lowest BCUT2D eigenvalue weighted by atomic mass is 10.1. The summed E-state index contributed by atoms with van der Waals surface area (Å²) in [6.07, 6.45) is 3.80. The molecular weight excluding hydrogens is 364 g/mol. The Labute approximate surface area is 162 Å². The van der Waals surface area contributed by atoms with Gasteiger partial charge in [0, 0.05) is 12.8 Å². The van der Waals surface area contributed by atoms with Crippen LogP contribution in [0.15, 0.2) is 55.0 Å². The Morgan fingerprint density at radius 2 is 1.86 bits per heavy atom. The maximum atomic E-state index is 13.5. The summed E-state index contributed by atoms with van der Waals surface area (Å²) < 4.78 is 33.4. The molecule has 5 nitrogen and oxygen atoms in total. The van der Waals surface area contributed by atoms with E-state index in [1.54, 1.807) is 42.3 Å². The molecule has 3 aromatic rings. The van der Waals surface area contributed by atoms with Crippen molar-refractivity contribution in [2.45, 2.75) is 19.4 Å². The summed E-state index contributed by atoms with van der Waals surface area (Å²) in [5.74, 6) is -2.02. The van der Waals surface area contributed by atoms with Gasteiger partial charge in [-0.2, -0.15) is 0 Å². The number of benzene rings is 2. The van der Waals surface area contributed by atoms with Gasteiger partial charge in [-0.05, 0) is 41.8 Å². The first-order chi connectivity index (χ1) is 13.5. The summed E-state index contributed by atoms with van der Waals surface area (Å²) in [4.78, 5) is 16.7. The lowest BCUT2D eigenvalue weighted by Gasteiger charge is -2.16. The zero-order valence-corrected chi connectivity index (χ0v) is 15.7. The van der Waals surface area contributed by atoms with Crippen molar-refractivity contribution in [3.63, 3.8) is 0 Å². The van der Waals surface area contributed by atoms with Crippen molar-refractivity contribution >= 4 is 5.91 Å². The van der Waals surface area contributed by atoms with E-state index in [2.05, 4.69) is 10.3 Å². The van der Waals surface area contributed by atoms with Gasteiger partial charge in [-0.25, -0.2) is 13.8 Å². The lowest BCUT2D eigenvalue weighted by Crippen LogP contribution is -2.38. The number of hydrogen-bond donors (Lipinski definition) is 1. The van der Waals surface area contributed by atoms with Crippen LogP contribution in [0.1, 0.15) is 23.8 Å². The molecule has 7 heteroatoms. The van der Waals surface area contributed by atoms with Gasteiger partial charge in [-0.3, -0.25) is 9.36 Å². The standard InChI is InChI=1S/C21H21F2N3O2/c1-3-16(12-28-2)25-21(27)20-11-24-13-26(20)17-7-4-14(5-8-17)15-6-9-18(22)19(23)10-15/h4-11,13,16H,3,12H2,1-2H3,(H,25,27)/t16-/m0/s1. The van der Waals surface area contributed by atoms with Crippen LogP contribution in [0.4, 0.5) is 8.78 Å². The van der Waals surface area contributed by atoms with Gasteiger partial charge < -0.3 is 10.1 Å².